The van der Waals surface area contributed by atoms with E-state index in [4.69, 9.17) is 5.11 Å². The molecule has 15 heavy (non-hydrogen) atoms. The molecule has 0 heterocycles. The largest absolute Gasteiger partial charge is 0.481 e. The van der Waals surface area contributed by atoms with Crippen LogP contribution in [-0.4, -0.2) is 28.3 Å². The van der Waals surface area contributed by atoms with Crippen molar-refractivity contribution in [2.75, 3.05) is 12.3 Å². The molecular weight excluding hydrogens is 215 g/mol. The van der Waals surface area contributed by atoms with E-state index in [2.05, 4.69) is 6.92 Å². The molecule has 0 saturated heterocycles. The van der Waals surface area contributed by atoms with Gasteiger partial charge in [0.2, 0.25) is 7.37 Å². The Hall–Kier alpha value is -0.340. The van der Waals surface area contributed by atoms with Gasteiger partial charge in [-0.1, -0.05) is 32.6 Å². The minimum absolute atomic E-state index is 0.0872. The Morgan fingerprint density at radius 1 is 1.13 bits per heavy atom. The number of carboxylic acids is 1. The van der Waals surface area contributed by atoms with E-state index in [0.717, 1.165) is 32.1 Å². The topological polar surface area (TPSA) is 74.6 Å². The Morgan fingerprint density at radius 2 is 1.73 bits per heavy atom. The molecule has 5 heteroatoms. The smallest absolute Gasteiger partial charge is 0.303 e. The van der Waals surface area contributed by atoms with Crippen LogP contribution in [0.15, 0.2) is 0 Å². The Morgan fingerprint density at radius 3 is 2.27 bits per heavy atom. The summed E-state index contributed by atoms with van der Waals surface area (Å²) >= 11 is 0. The SMILES string of the molecule is CCCCCCCP(=O)(O)CCC(=O)O. The van der Waals surface area contributed by atoms with Gasteiger partial charge >= 0.3 is 5.97 Å². The van der Waals surface area contributed by atoms with Gasteiger partial charge in [0.15, 0.2) is 0 Å². The first-order valence-electron chi connectivity index (χ1n) is 5.50. The fourth-order valence-electron chi connectivity index (χ4n) is 1.34. The molecule has 0 aromatic heterocycles. The fourth-order valence-corrected chi connectivity index (χ4v) is 2.83. The first-order chi connectivity index (χ1) is 6.98. The lowest BCUT2D eigenvalue weighted by Gasteiger charge is -2.09. The van der Waals surface area contributed by atoms with Crippen molar-refractivity contribution in [3.05, 3.63) is 0 Å². The van der Waals surface area contributed by atoms with Gasteiger partial charge in [-0.05, 0) is 6.42 Å². The molecule has 4 nitrogen and oxygen atoms in total. The van der Waals surface area contributed by atoms with Gasteiger partial charge in [-0.15, -0.1) is 0 Å². The van der Waals surface area contributed by atoms with E-state index in [-0.39, 0.29) is 18.7 Å². The van der Waals surface area contributed by atoms with Crippen LogP contribution in [0.2, 0.25) is 0 Å². The third kappa shape index (κ3) is 9.95. The van der Waals surface area contributed by atoms with Crippen LogP contribution in [-0.2, 0) is 9.36 Å². The molecule has 0 radical (unpaired) electrons. The minimum Gasteiger partial charge on any atom is -0.481 e. The van der Waals surface area contributed by atoms with E-state index in [1.54, 1.807) is 0 Å². The minimum atomic E-state index is -3.18. The van der Waals surface area contributed by atoms with Crippen molar-refractivity contribution in [3.63, 3.8) is 0 Å². The molecule has 90 valence electrons. The predicted molar refractivity (Wildman–Crippen MR) is 60.6 cm³/mol. The highest BCUT2D eigenvalue weighted by molar-refractivity contribution is 7.58. The predicted octanol–water partition coefficient (Wildman–Crippen LogP) is 2.70. The molecule has 0 aliphatic heterocycles. The van der Waals surface area contributed by atoms with Crippen molar-refractivity contribution < 1.29 is 19.4 Å². The Labute approximate surface area is 91.1 Å². The van der Waals surface area contributed by atoms with E-state index >= 15 is 0 Å². The molecule has 0 saturated carbocycles. The highest BCUT2D eigenvalue weighted by Gasteiger charge is 2.18. The van der Waals surface area contributed by atoms with Gasteiger partial charge in [0.25, 0.3) is 0 Å². The van der Waals surface area contributed by atoms with Gasteiger partial charge in [-0.3, -0.25) is 9.36 Å². The molecule has 1 unspecified atom stereocenters. The lowest BCUT2D eigenvalue weighted by molar-refractivity contribution is -0.136. The molecule has 2 N–H and O–H groups in total. The van der Waals surface area contributed by atoms with Crippen LogP contribution in [0.1, 0.15) is 45.4 Å². The van der Waals surface area contributed by atoms with Crippen molar-refractivity contribution >= 4 is 13.3 Å². The standard InChI is InChI=1S/C10H21O4P/c1-2-3-4-5-6-8-15(13,14)9-7-10(11)12/h2-9H2,1H3,(H,11,12)(H,13,14). The molecule has 0 rings (SSSR count). The van der Waals surface area contributed by atoms with Crippen molar-refractivity contribution in [1.82, 2.24) is 0 Å². The highest BCUT2D eigenvalue weighted by Crippen LogP contribution is 2.42. The fraction of sp³-hybridized carbons (Fsp3) is 0.900. The summed E-state index contributed by atoms with van der Waals surface area (Å²) in [7, 11) is -3.18. The molecule has 0 aromatic carbocycles. The second kappa shape index (κ2) is 7.89. The van der Waals surface area contributed by atoms with Crippen molar-refractivity contribution in [2.45, 2.75) is 45.4 Å². The van der Waals surface area contributed by atoms with Crippen molar-refractivity contribution in [3.8, 4) is 0 Å². The zero-order chi connectivity index (χ0) is 11.7. The van der Waals surface area contributed by atoms with E-state index in [0.29, 0.717) is 0 Å². The molecule has 0 aliphatic carbocycles. The van der Waals surface area contributed by atoms with Crippen molar-refractivity contribution in [2.24, 2.45) is 0 Å². The highest BCUT2D eigenvalue weighted by atomic mass is 31.2. The van der Waals surface area contributed by atoms with Crippen LogP contribution in [0.5, 0.6) is 0 Å². The zero-order valence-corrected chi connectivity index (χ0v) is 10.2. The summed E-state index contributed by atoms with van der Waals surface area (Å²) in [6, 6.07) is 0. The third-order valence-electron chi connectivity index (χ3n) is 2.29. The third-order valence-corrected chi connectivity index (χ3v) is 4.22. The Kier molecular flexibility index (Phi) is 7.71. The van der Waals surface area contributed by atoms with Crippen LogP contribution in [0.4, 0.5) is 0 Å². The first-order valence-corrected chi connectivity index (χ1v) is 7.53. The average molecular weight is 236 g/mol. The van der Waals surface area contributed by atoms with Gasteiger partial charge in [-0.2, -0.15) is 0 Å². The van der Waals surface area contributed by atoms with Crippen LogP contribution in [0, 0.1) is 0 Å². The van der Waals surface area contributed by atoms with Gasteiger partial charge in [0.1, 0.15) is 0 Å². The van der Waals surface area contributed by atoms with Gasteiger partial charge in [0.05, 0.1) is 6.42 Å². The molecule has 1 atom stereocenters. The monoisotopic (exact) mass is 236 g/mol. The zero-order valence-electron chi connectivity index (χ0n) is 9.31. The number of carboxylic acid groups (broad SMARTS) is 1. The maximum absolute atomic E-state index is 11.4. The normalized spacial score (nSPS) is 14.8. The number of carbonyl (C=O) groups is 1. The summed E-state index contributed by atoms with van der Waals surface area (Å²) in [6.07, 6.45) is 5.07. The lowest BCUT2D eigenvalue weighted by Crippen LogP contribution is -2.02. The van der Waals surface area contributed by atoms with Crippen LogP contribution in [0.3, 0.4) is 0 Å². The molecule has 0 amide bonds. The summed E-state index contributed by atoms with van der Waals surface area (Å²) in [6.45, 7) is 2.11. The molecule has 0 spiro atoms. The van der Waals surface area contributed by atoms with Crippen LogP contribution >= 0.6 is 7.37 Å². The summed E-state index contributed by atoms with van der Waals surface area (Å²) in [4.78, 5) is 19.6. The Bertz CT molecular complexity index is 227. The maximum atomic E-state index is 11.4. The van der Waals surface area contributed by atoms with Gasteiger partial charge in [-0.25, -0.2) is 0 Å². The molecular formula is C10H21O4P. The van der Waals surface area contributed by atoms with Gasteiger partial charge in [0, 0.05) is 12.3 Å². The molecule has 0 aliphatic rings. The second-order valence-electron chi connectivity index (χ2n) is 3.85. The van der Waals surface area contributed by atoms with Gasteiger partial charge < -0.3 is 10.00 Å². The van der Waals surface area contributed by atoms with E-state index in [9.17, 15) is 14.3 Å². The summed E-state index contributed by atoms with van der Waals surface area (Å²) < 4.78 is 11.4. The van der Waals surface area contributed by atoms with Crippen LogP contribution < -0.4 is 0 Å². The number of rotatable bonds is 9. The second-order valence-corrected chi connectivity index (χ2v) is 6.44. The van der Waals surface area contributed by atoms with E-state index < -0.39 is 13.3 Å². The molecule has 0 aromatic rings. The maximum Gasteiger partial charge on any atom is 0.303 e. The number of hydrogen-bond donors (Lipinski definition) is 2. The number of aliphatic carboxylic acids is 1. The van der Waals surface area contributed by atoms with Crippen molar-refractivity contribution in [1.29, 1.82) is 0 Å². The van der Waals surface area contributed by atoms with E-state index in [1.165, 1.54) is 0 Å². The summed E-state index contributed by atoms with van der Waals surface area (Å²) in [5.74, 6) is -1.00. The summed E-state index contributed by atoms with van der Waals surface area (Å²) in [5, 5.41) is 8.39. The summed E-state index contributed by atoms with van der Waals surface area (Å²) in [5.41, 5.74) is 0. The average Bonchev–Trinajstić information content (AvgIpc) is 2.15. The molecule has 0 bridgehead atoms. The van der Waals surface area contributed by atoms with Crippen LogP contribution in [0.25, 0.3) is 0 Å². The molecule has 0 fully saturated rings. The quantitative estimate of drug-likeness (QED) is 0.476. The number of unbranched alkanes of at least 4 members (excludes halogenated alkanes) is 4. The number of hydrogen-bond acceptors (Lipinski definition) is 2. The van der Waals surface area contributed by atoms with E-state index in [1.807, 2.05) is 0 Å². The lowest BCUT2D eigenvalue weighted by atomic mass is 10.2. The Balaban J connectivity index is 3.56. The first kappa shape index (κ1) is 14.7.